The van der Waals surface area contributed by atoms with Crippen LogP contribution in [0.25, 0.3) is 0 Å². The van der Waals surface area contributed by atoms with E-state index in [9.17, 15) is 31.5 Å². The van der Waals surface area contributed by atoms with E-state index in [0.29, 0.717) is 0 Å². The van der Waals surface area contributed by atoms with Crippen LogP contribution in [0, 0.1) is 17.6 Å². The van der Waals surface area contributed by atoms with Gasteiger partial charge >= 0.3 is 12.2 Å². The zero-order valence-corrected chi connectivity index (χ0v) is 14.8. The van der Waals surface area contributed by atoms with Crippen molar-refractivity contribution in [2.24, 2.45) is 5.92 Å². The highest BCUT2D eigenvalue weighted by Gasteiger charge is 2.48. The maximum Gasteiger partial charge on any atom is 0.414 e. The number of alkyl halides is 3. The molecule has 2 saturated heterocycles. The Morgan fingerprint density at radius 1 is 1.32 bits per heavy atom. The molecule has 3 N–H and O–H groups in total. The summed E-state index contributed by atoms with van der Waals surface area (Å²) in [5.41, 5.74) is -0.270. The average Bonchev–Trinajstić information content (AvgIpc) is 3.27. The molecule has 2 aliphatic rings. The molecule has 2 fully saturated rings. The molecule has 0 aromatic heterocycles. The minimum Gasteiger partial charge on any atom is -0.368 e. The predicted molar refractivity (Wildman–Crippen MR) is 86.5 cm³/mol. The van der Waals surface area contributed by atoms with Gasteiger partial charge < -0.3 is 20.7 Å². The van der Waals surface area contributed by atoms with Crippen molar-refractivity contribution in [1.29, 1.82) is 0 Å². The van der Waals surface area contributed by atoms with E-state index in [1.165, 1.54) is 0 Å². The van der Waals surface area contributed by atoms with Crippen LogP contribution in [0.3, 0.4) is 0 Å². The van der Waals surface area contributed by atoms with E-state index in [-0.39, 0.29) is 12.1 Å². The molecule has 0 radical (unpaired) electrons. The molecule has 3 amide bonds. The Morgan fingerprint density at radius 2 is 2.04 bits per heavy atom. The summed E-state index contributed by atoms with van der Waals surface area (Å²) in [4.78, 5) is 23.6. The molecule has 0 spiro atoms. The first-order valence-corrected chi connectivity index (χ1v) is 8.62. The van der Waals surface area contributed by atoms with Crippen LogP contribution < -0.4 is 16.0 Å². The largest absolute Gasteiger partial charge is 0.414 e. The molecule has 0 saturated carbocycles. The minimum absolute atomic E-state index is 0.0453. The lowest BCUT2D eigenvalue weighted by molar-refractivity contribution is -0.206. The Hall–Kier alpha value is -2.14. The topological polar surface area (TPSA) is 79.5 Å². The highest BCUT2D eigenvalue weighted by molar-refractivity contribution is 6.31. The number of benzene rings is 1. The first-order chi connectivity index (χ1) is 13.1. The molecular weight excluding hydrogens is 413 g/mol. The lowest BCUT2D eigenvalue weighted by Crippen LogP contribution is -2.46. The smallest absolute Gasteiger partial charge is 0.368 e. The van der Waals surface area contributed by atoms with Crippen molar-refractivity contribution in [3.8, 4) is 0 Å². The van der Waals surface area contributed by atoms with Crippen LogP contribution in [-0.2, 0) is 9.53 Å². The third-order valence-corrected chi connectivity index (χ3v) is 5.00. The van der Waals surface area contributed by atoms with Crippen LogP contribution in [0.5, 0.6) is 0 Å². The van der Waals surface area contributed by atoms with E-state index in [2.05, 4.69) is 16.0 Å². The van der Waals surface area contributed by atoms with Crippen molar-refractivity contribution in [3.63, 3.8) is 0 Å². The summed E-state index contributed by atoms with van der Waals surface area (Å²) < 4.78 is 71.6. The van der Waals surface area contributed by atoms with Crippen molar-refractivity contribution in [2.75, 3.05) is 13.2 Å². The molecule has 0 bridgehead atoms. The number of hydrogen-bond acceptors (Lipinski definition) is 3. The fourth-order valence-corrected chi connectivity index (χ4v) is 3.38. The van der Waals surface area contributed by atoms with Gasteiger partial charge in [0.1, 0.15) is 22.7 Å². The lowest BCUT2D eigenvalue weighted by atomic mass is 9.90. The molecule has 6 nitrogen and oxygen atoms in total. The molecule has 0 unspecified atom stereocenters. The standard InChI is InChI=1S/C16H15ClF5N3O3/c17-11-8(18)2-1-7(12(11)19)13(6-3-10(28-5-6)16(20,21)22)25-14(26)9-4-23-15(27)24-9/h1-2,6,9-10,13H,3-5H2,(H,25,26)(H2,23,24,27)/t6-,9+,10+,13-/m1/s1. The van der Waals surface area contributed by atoms with Crippen molar-refractivity contribution in [3.05, 3.63) is 34.4 Å². The Morgan fingerprint density at radius 3 is 2.61 bits per heavy atom. The number of ether oxygens (including phenoxy) is 1. The minimum atomic E-state index is -4.62. The SMILES string of the molecule is O=C1NC[C@@H](C(=O)N[C@@H](c2ccc(F)c(Cl)c2F)[C@H]2CO[C@H](C(F)(F)F)C2)N1. The molecule has 1 aromatic rings. The Labute approximate surface area is 160 Å². The van der Waals surface area contributed by atoms with Gasteiger partial charge in [-0.3, -0.25) is 4.79 Å². The highest BCUT2D eigenvalue weighted by Crippen LogP contribution is 2.40. The van der Waals surface area contributed by atoms with Gasteiger partial charge in [0.25, 0.3) is 0 Å². The van der Waals surface area contributed by atoms with Crippen LogP contribution >= 0.6 is 11.6 Å². The Kier molecular flexibility index (Phi) is 5.67. The Balaban J connectivity index is 1.88. The summed E-state index contributed by atoms with van der Waals surface area (Å²) in [6.45, 7) is -0.449. The van der Waals surface area contributed by atoms with Gasteiger partial charge in [-0.15, -0.1) is 0 Å². The molecule has 28 heavy (non-hydrogen) atoms. The highest BCUT2D eigenvalue weighted by atomic mass is 35.5. The van der Waals surface area contributed by atoms with Gasteiger partial charge in [0.15, 0.2) is 6.10 Å². The lowest BCUT2D eigenvalue weighted by Gasteiger charge is -2.26. The fraction of sp³-hybridized carbons (Fsp3) is 0.500. The predicted octanol–water partition coefficient (Wildman–Crippen LogP) is 2.42. The molecule has 3 rings (SSSR count). The van der Waals surface area contributed by atoms with Gasteiger partial charge in [-0.2, -0.15) is 13.2 Å². The van der Waals surface area contributed by atoms with Crippen LogP contribution in [-0.4, -0.2) is 43.4 Å². The third kappa shape index (κ3) is 4.14. The van der Waals surface area contributed by atoms with Gasteiger partial charge in [0.05, 0.1) is 12.6 Å². The molecule has 2 aliphatic heterocycles. The van der Waals surface area contributed by atoms with Crippen LogP contribution in [0.15, 0.2) is 12.1 Å². The first kappa shape index (κ1) is 20.6. The van der Waals surface area contributed by atoms with Crippen LogP contribution in [0.2, 0.25) is 5.02 Å². The first-order valence-electron chi connectivity index (χ1n) is 8.24. The number of hydrogen-bond donors (Lipinski definition) is 3. The monoisotopic (exact) mass is 427 g/mol. The van der Waals surface area contributed by atoms with Gasteiger partial charge in [0, 0.05) is 18.0 Å². The molecule has 4 atom stereocenters. The quantitative estimate of drug-likeness (QED) is 0.510. The maximum absolute atomic E-state index is 14.5. The number of rotatable bonds is 4. The molecule has 12 heteroatoms. The van der Waals surface area contributed by atoms with Gasteiger partial charge in [-0.05, 0) is 12.5 Å². The molecule has 1 aromatic carbocycles. The van der Waals surface area contributed by atoms with Crippen molar-refractivity contribution >= 4 is 23.5 Å². The summed E-state index contributed by atoms with van der Waals surface area (Å²) in [6.07, 6.45) is -7.21. The van der Waals surface area contributed by atoms with E-state index < -0.39 is 71.9 Å². The summed E-state index contributed by atoms with van der Waals surface area (Å²) in [7, 11) is 0. The van der Waals surface area contributed by atoms with E-state index in [4.69, 9.17) is 16.3 Å². The molecule has 154 valence electrons. The molecule has 0 aliphatic carbocycles. The van der Waals surface area contributed by atoms with E-state index >= 15 is 0 Å². The third-order valence-electron chi connectivity index (χ3n) is 4.65. The summed E-state index contributed by atoms with van der Waals surface area (Å²) in [5, 5.41) is 6.28. The fourth-order valence-electron chi connectivity index (χ4n) is 3.21. The molecular formula is C16H15ClF5N3O3. The number of carbonyl (C=O) groups is 2. The van der Waals surface area contributed by atoms with Crippen LogP contribution in [0.1, 0.15) is 18.0 Å². The summed E-state index contributed by atoms with van der Waals surface area (Å²) in [5.74, 6) is -3.91. The number of urea groups is 1. The number of amides is 3. The number of halogens is 6. The maximum atomic E-state index is 14.5. The van der Waals surface area contributed by atoms with E-state index in [0.717, 1.165) is 12.1 Å². The Bertz CT molecular complexity index is 792. The van der Waals surface area contributed by atoms with E-state index in [1.54, 1.807) is 0 Å². The average molecular weight is 428 g/mol. The number of carbonyl (C=O) groups excluding carboxylic acids is 2. The zero-order chi connectivity index (χ0) is 20.6. The van der Waals surface area contributed by atoms with Crippen molar-refractivity contribution < 1.29 is 36.3 Å². The second-order valence-electron chi connectivity index (χ2n) is 6.52. The zero-order valence-electron chi connectivity index (χ0n) is 14.1. The molecule has 2 heterocycles. The number of nitrogens with one attached hydrogen (secondary N) is 3. The second kappa shape index (κ2) is 7.70. The van der Waals surface area contributed by atoms with Gasteiger partial charge in [-0.1, -0.05) is 17.7 Å². The van der Waals surface area contributed by atoms with Crippen molar-refractivity contribution in [1.82, 2.24) is 16.0 Å². The van der Waals surface area contributed by atoms with Crippen LogP contribution in [0.4, 0.5) is 26.7 Å². The van der Waals surface area contributed by atoms with Gasteiger partial charge in [-0.25, -0.2) is 13.6 Å². The summed E-state index contributed by atoms with van der Waals surface area (Å²) in [6, 6.07) is -0.983. The van der Waals surface area contributed by atoms with E-state index in [1.807, 2.05) is 0 Å². The van der Waals surface area contributed by atoms with Gasteiger partial charge in [0.2, 0.25) is 5.91 Å². The normalized spacial score (nSPS) is 25.9. The summed E-state index contributed by atoms with van der Waals surface area (Å²) >= 11 is 5.58. The van der Waals surface area contributed by atoms with Crippen molar-refractivity contribution in [2.45, 2.75) is 30.8 Å². The second-order valence-corrected chi connectivity index (χ2v) is 6.90.